The molecule has 1 atom stereocenters. The Balaban J connectivity index is 2.45. The van der Waals surface area contributed by atoms with Crippen LogP contribution in [0, 0.1) is 0 Å². The van der Waals surface area contributed by atoms with E-state index in [2.05, 4.69) is 4.98 Å². The quantitative estimate of drug-likeness (QED) is 0.694. The van der Waals surface area contributed by atoms with Gasteiger partial charge in [-0.2, -0.15) is 0 Å². The summed E-state index contributed by atoms with van der Waals surface area (Å²) in [6, 6.07) is 2.66. The van der Waals surface area contributed by atoms with Gasteiger partial charge in [0.25, 0.3) is 11.8 Å². The van der Waals surface area contributed by atoms with Gasteiger partial charge in [0.1, 0.15) is 5.69 Å². The molecule has 1 unspecified atom stereocenters. The number of aliphatic hydroxyl groups is 1. The minimum absolute atomic E-state index is 0.169. The number of aliphatic hydroxyl groups excluding tert-OH is 1. The number of carbonyl (C=O) groups is 2. The van der Waals surface area contributed by atoms with Gasteiger partial charge in [-0.25, -0.2) is 0 Å². The van der Waals surface area contributed by atoms with Gasteiger partial charge in [0.2, 0.25) is 0 Å². The Morgan fingerprint density at radius 2 is 2.20 bits per heavy atom. The van der Waals surface area contributed by atoms with Crippen LogP contribution in [0.25, 0.3) is 0 Å². The summed E-state index contributed by atoms with van der Waals surface area (Å²) in [5, 5.41) is 8.94. The van der Waals surface area contributed by atoms with E-state index in [9.17, 15) is 9.59 Å². The summed E-state index contributed by atoms with van der Waals surface area (Å²) in [6.45, 7) is 1.37. The van der Waals surface area contributed by atoms with E-state index in [0.29, 0.717) is 5.56 Å². The summed E-state index contributed by atoms with van der Waals surface area (Å²) >= 11 is 0. The molecule has 0 fully saturated rings. The van der Waals surface area contributed by atoms with Crippen molar-refractivity contribution in [3.8, 4) is 0 Å². The van der Waals surface area contributed by atoms with E-state index in [1.165, 1.54) is 6.20 Å². The molecule has 1 N–H and O–H groups in total. The van der Waals surface area contributed by atoms with Crippen LogP contribution >= 0.6 is 0 Å². The van der Waals surface area contributed by atoms with Gasteiger partial charge in [0.15, 0.2) is 0 Å². The maximum Gasteiger partial charge on any atom is 0.280 e. The third kappa shape index (κ3) is 1.32. The van der Waals surface area contributed by atoms with Crippen molar-refractivity contribution < 1.29 is 14.7 Å². The molecule has 2 heterocycles. The van der Waals surface area contributed by atoms with Crippen molar-refractivity contribution in [1.29, 1.82) is 0 Å². The molecule has 0 bridgehead atoms. The van der Waals surface area contributed by atoms with Crippen LogP contribution < -0.4 is 0 Å². The molecule has 0 saturated carbocycles. The molecule has 2 rings (SSSR count). The lowest BCUT2D eigenvalue weighted by Crippen LogP contribution is -2.40. The molecule has 1 aromatic heterocycles. The van der Waals surface area contributed by atoms with E-state index in [1.54, 1.807) is 19.1 Å². The highest BCUT2D eigenvalue weighted by Gasteiger charge is 2.39. The van der Waals surface area contributed by atoms with Crippen LogP contribution in [0.4, 0.5) is 0 Å². The summed E-state index contributed by atoms with van der Waals surface area (Å²) in [7, 11) is 0. The van der Waals surface area contributed by atoms with E-state index in [-0.39, 0.29) is 18.2 Å². The molecule has 15 heavy (non-hydrogen) atoms. The molecule has 0 radical (unpaired) electrons. The predicted molar refractivity (Wildman–Crippen MR) is 51.3 cm³/mol. The lowest BCUT2D eigenvalue weighted by molar-refractivity contribution is 0.0535. The van der Waals surface area contributed by atoms with Crippen LogP contribution in [0.3, 0.4) is 0 Å². The summed E-state index contributed by atoms with van der Waals surface area (Å²) in [5.74, 6) is -0.818. The first-order valence-electron chi connectivity index (χ1n) is 4.60. The summed E-state index contributed by atoms with van der Waals surface area (Å²) in [5.41, 5.74) is 0.477. The number of amides is 2. The summed E-state index contributed by atoms with van der Waals surface area (Å²) in [6.07, 6.45) is 1.47. The molecule has 78 valence electrons. The van der Waals surface area contributed by atoms with Crippen molar-refractivity contribution in [2.75, 3.05) is 6.61 Å². The largest absolute Gasteiger partial charge is 0.394 e. The van der Waals surface area contributed by atoms with Gasteiger partial charge in [-0.3, -0.25) is 19.5 Å². The fraction of sp³-hybridized carbons (Fsp3) is 0.300. The summed E-state index contributed by atoms with van der Waals surface area (Å²) < 4.78 is 0. The van der Waals surface area contributed by atoms with Crippen molar-refractivity contribution >= 4 is 11.8 Å². The molecular weight excluding hydrogens is 196 g/mol. The lowest BCUT2D eigenvalue weighted by atomic mass is 10.2. The minimum atomic E-state index is -0.515. The second-order valence-corrected chi connectivity index (χ2v) is 3.41. The van der Waals surface area contributed by atoms with E-state index in [1.807, 2.05) is 0 Å². The van der Waals surface area contributed by atoms with E-state index in [0.717, 1.165) is 4.90 Å². The highest BCUT2D eigenvalue weighted by Crippen LogP contribution is 2.22. The lowest BCUT2D eigenvalue weighted by Gasteiger charge is -2.19. The normalized spacial score (nSPS) is 16.8. The van der Waals surface area contributed by atoms with Gasteiger partial charge in [0.05, 0.1) is 18.2 Å². The van der Waals surface area contributed by atoms with Crippen molar-refractivity contribution in [3.63, 3.8) is 0 Å². The fourth-order valence-corrected chi connectivity index (χ4v) is 1.57. The maximum absolute atomic E-state index is 11.8. The molecule has 5 heteroatoms. The van der Waals surface area contributed by atoms with E-state index < -0.39 is 11.9 Å². The third-order valence-electron chi connectivity index (χ3n) is 2.38. The topological polar surface area (TPSA) is 70.5 Å². The van der Waals surface area contributed by atoms with Crippen molar-refractivity contribution in [1.82, 2.24) is 9.88 Å². The van der Waals surface area contributed by atoms with Crippen LogP contribution in [-0.2, 0) is 0 Å². The molecule has 0 spiro atoms. The smallest absolute Gasteiger partial charge is 0.280 e. The van der Waals surface area contributed by atoms with Gasteiger partial charge >= 0.3 is 0 Å². The van der Waals surface area contributed by atoms with E-state index in [4.69, 9.17) is 5.11 Å². The van der Waals surface area contributed by atoms with Crippen LogP contribution in [0.2, 0.25) is 0 Å². The Morgan fingerprint density at radius 1 is 1.47 bits per heavy atom. The second kappa shape index (κ2) is 3.43. The monoisotopic (exact) mass is 206 g/mol. The Morgan fingerprint density at radius 3 is 2.80 bits per heavy atom. The number of hydrogen-bond acceptors (Lipinski definition) is 4. The Hall–Kier alpha value is -1.75. The highest BCUT2D eigenvalue weighted by molar-refractivity contribution is 6.20. The number of carbonyl (C=O) groups excluding carboxylic acids is 2. The SMILES string of the molecule is CC(CO)N1C(=O)c2cccnc2C1=O. The second-order valence-electron chi connectivity index (χ2n) is 3.41. The Bertz CT molecular complexity index is 395. The fourth-order valence-electron chi connectivity index (χ4n) is 1.57. The number of pyridine rings is 1. The summed E-state index contributed by atoms with van der Waals surface area (Å²) in [4.78, 5) is 28.4. The molecule has 1 aliphatic rings. The molecule has 0 aliphatic carbocycles. The zero-order valence-electron chi connectivity index (χ0n) is 8.17. The van der Waals surface area contributed by atoms with E-state index >= 15 is 0 Å². The maximum atomic E-state index is 11.8. The van der Waals surface area contributed by atoms with Gasteiger partial charge in [-0.05, 0) is 19.1 Å². The third-order valence-corrected chi connectivity index (χ3v) is 2.38. The number of aromatic nitrogens is 1. The number of hydrogen-bond donors (Lipinski definition) is 1. The van der Waals surface area contributed by atoms with Crippen LogP contribution in [0.1, 0.15) is 27.8 Å². The minimum Gasteiger partial charge on any atom is -0.394 e. The average molecular weight is 206 g/mol. The first-order valence-corrected chi connectivity index (χ1v) is 4.60. The van der Waals surface area contributed by atoms with Crippen molar-refractivity contribution in [2.24, 2.45) is 0 Å². The average Bonchev–Trinajstić information content (AvgIpc) is 2.52. The first-order chi connectivity index (χ1) is 7.16. The van der Waals surface area contributed by atoms with Crippen LogP contribution in [0.5, 0.6) is 0 Å². The number of imide groups is 1. The molecule has 1 aliphatic heterocycles. The Kier molecular flexibility index (Phi) is 2.24. The highest BCUT2D eigenvalue weighted by atomic mass is 16.3. The number of rotatable bonds is 2. The first kappa shape index (κ1) is 9.79. The van der Waals surface area contributed by atoms with Crippen LogP contribution in [-0.4, -0.2) is 39.5 Å². The molecule has 1 aromatic rings. The van der Waals surface area contributed by atoms with Crippen molar-refractivity contribution in [2.45, 2.75) is 13.0 Å². The van der Waals surface area contributed by atoms with Crippen LogP contribution in [0.15, 0.2) is 18.3 Å². The predicted octanol–water partition coefficient (Wildman–Crippen LogP) is 0.0584. The molecule has 0 aromatic carbocycles. The van der Waals surface area contributed by atoms with Crippen molar-refractivity contribution in [3.05, 3.63) is 29.6 Å². The molecular formula is C10H10N2O3. The van der Waals surface area contributed by atoms with Gasteiger partial charge < -0.3 is 5.11 Å². The number of nitrogens with zero attached hydrogens (tertiary/aromatic N) is 2. The van der Waals surface area contributed by atoms with Gasteiger partial charge in [-0.15, -0.1) is 0 Å². The zero-order chi connectivity index (χ0) is 11.0. The molecule has 2 amide bonds. The Labute approximate surface area is 86.3 Å². The van der Waals surface area contributed by atoms with Gasteiger partial charge in [-0.1, -0.05) is 0 Å². The standard InChI is InChI=1S/C10H10N2O3/c1-6(5-13)12-9(14)7-3-2-4-11-8(7)10(12)15/h2-4,6,13H,5H2,1H3. The molecule has 5 nitrogen and oxygen atoms in total. The van der Waals surface area contributed by atoms with Gasteiger partial charge in [0, 0.05) is 6.20 Å². The number of fused-ring (bicyclic) bond motifs is 1. The molecule has 0 saturated heterocycles. The zero-order valence-corrected chi connectivity index (χ0v) is 8.17.